The Kier molecular flexibility index (Phi) is 3.83. The van der Waals surface area contributed by atoms with Gasteiger partial charge in [-0.15, -0.1) is 0 Å². The molecule has 0 saturated carbocycles. The zero-order chi connectivity index (χ0) is 8.93. The van der Waals surface area contributed by atoms with Crippen LogP contribution in [0.15, 0.2) is 60.9 Å². The maximum absolute atomic E-state index is 2.16. The van der Waals surface area contributed by atoms with Gasteiger partial charge in [0.25, 0.3) is 0 Å². The quantitative estimate of drug-likeness (QED) is 0.660. The van der Waals surface area contributed by atoms with E-state index in [2.05, 4.69) is 41.2 Å². The second kappa shape index (κ2) is 5.14. The van der Waals surface area contributed by atoms with Crippen molar-refractivity contribution >= 4 is 0 Å². The van der Waals surface area contributed by atoms with Crippen LogP contribution in [0.5, 0.6) is 0 Å². The highest BCUT2D eigenvalue weighted by Gasteiger charge is 1.98. The molecule has 72 valence electrons. The van der Waals surface area contributed by atoms with E-state index in [1.807, 2.05) is 24.3 Å². The highest BCUT2D eigenvalue weighted by Crippen LogP contribution is 1.96. The summed E-state index contributed by atoms with van der Waals surface area (Å²) in [6.45, 7) is 0.946. The molecule has 2 nitrogen and oxygen atoms in total. The monoisotopic (exact) mass is 187 g/mol. The van der Waals surface area contributed by atoms with Gasteiger partial charge in [0.2, 0.25) is 0 Å². The molecule has 2 aromatic rings. The van der Waals surface area contributed by atoms with Crippen LogP contribution in [-0.4, -0.2) is 5.48 Å². The zero-order valence-electron chi connectivity index (χ0n) is 7.88. The Labute approximate surface area is 83.8 Å². The molecule has 0 aliphatic heterocycles. The number of pyridine rings is 1. The normalized spacial score (nSPS) is 9.14. The number of rotatable bonds is 2. The van der Waals surface area contributed by atoms with Gasteiger partial charge in [-0.05, 0) is 0 Å². The summed E-state index contributed by atoms with van der Waals surface area (Å²) in [7, 11) is 0. The number of nitrogens with zero attached hydrogens (tertiary/aromatic N) is 1. The predicted octanol–water partition coefficient (Wildman–Crippen LogP) is 1.85. The van der Waals surface area contributed by atoms with Gasteiger partial charge in [-0.1, -0.05) is 36.4 Å². The molecule has 0 amide bonds. The number of aromatic nitrogens is 1. The first kappa shape index (κ1) is 10.4. The van der Waals surface area contributed by atoms with Gasteiger partial charge in [-0.3, -0.25) is 0 Å². The lowest BCUT2D eigenvalue weighted by molar-refractivity contribution is -0.688. The van der Waals surface area contributed by atoms with Gasteiger partial charge < -0.3 is 5.48 Å². The molecule has 2 rings (SSSR count). The largest absolute Gasteiger partial charge is 0.870 e. The molecule has 2 heteroatoms. The van der Waals surface area contributed by atoms with Gasteiger partial charge in [0, 0.05) is 17.7 Å². The average Bonchev–Trinajstić information content (AvgIpc) is 2.21. The minimum Gasteiger partial charge on any atom is -0.870 e. The van der Waals surface area contributed by atoms with Gasteiger partial charge in [0.15, 0.2) is 18.9 Å². The topological polar surface area (TPSA) is 33.9 Å². The van der Waals surface area contributed by atoms with Crippen molar-refractivity contribution in [2.24, 2.45) is 0 Å². The van der Waals surface area contributed by atoms with Crippen molar-refractivity contribution in [3.8, 4) is 0 Å². The Hall–Kier alpha value is -1.67. The predicted molar refractivity (Wildman–Crippen MR) is 54.1 cm³/mol. The summed E-state index contributed by atoms with van der Waals surface area (Å²) in [4.78, 5) is 0. The number of benzene rings is 1. The molecule has 0 radical (unpaired) electrons. The van der Waals surface area contributed by atoms with E-state index >= 15 is 0 Å². The molecule has 0 saturated heterocycles. The molecule has 0 spiro atoms. The lowest BCUT2D eigenvalue weighted by Gasteiger charge is -1.95. The summed E-state index contributed by atoms with van der Waals surface area (Å²) in [5.41, 5.74) is 1.33. The van der Waals surface area contributed by atoms with E-state index in [0.29, 0.717) is 0 Å². The van der Waals surface area contributed by atoms with Crippen LogP contribution in [0, 0.1) is 0 Å². The Morgan fingerprint density at radius 2 is 1.36 bits per heavy atom. The Morgan fingerprint density at radius 1 is 0.786 bits per heavy atom. The lowest BCUT2D eigenvalue weighted by atomic mass is 10.2. The highest BCUT2D eigenvalue weighted by molar-refractivity contribution is 5.13. The molecular weight excluding hydrogens is 174 g/mol. The van der Waals surface area contributed by atoms with E-state index in [-0.39, 0.29) is 5.48 Å². The molecule has 0 unspecified atom stereocenters. The standard InChI is InChI=1S/C12H12N.H2O/c1-3-7-12(8-4-1)11-13-9-5-2-6-10-13;/h1-10H,11H2;1H2/q+1;/p-1. The fourth-order valence-electron chi connectivity index (χ4n) is 1.33. The van der Waals surface area contributed by atoms with Gasteiger partial charge in [0.05, 0.1) is 0 Å². The lowest BCUT2D eigenvalue weighted by Crippen LogP contribution is -2.32. The maximum Gasteiger partial charge on any atom is 0.173 e. The third-order valence-corrected chi connectivity index (χ3v) is 1.99. The second-order valence-corrected chi connectivity index (χ2v) is 3.03. The Morgan fingerprint density at radius 3 is 2.00 bits per heavy atom. The average molecular weight is 187 g/mol. The van der Waals surface area contributed by atoms with Gasteiger partial charge >= 0.3 is 0 Å². The molecule has 0 aliphatic rings. The van der Waals surface area contributed by atoms with Crippen molar-refractivity contribution in [1.29, 1.82) is 0 Å². The molecule has 0 fully saturated rings. The van der Waals surface area contributed by atoms with Crippen LogP contribution in [0.25, 0.3) is 0 Å². The molecule has 1 aromatic carbocycles. The summed E-state index contributed by atoms with van der Waals surface area (Å²) in [5.74, 6) is 0. The van der Waals surface area contributed by atoms with Crippen LogP contribution in [0.3, 0.4) is 0 Å². The molecule has 1 heterocycles. The summed E-state index contributed by atoms with van der Waals surface area (Å²) >= 11 is 0. The van der Waals surface area contributed by atoms with Crippen molar-refractivity contribution in [2.75, 3.05) is 0 Å². The van der Waals surface area contributed by atoms with Gasteiger partial charge in [0.1, 0.15) is 0 Å². The van der Waals surface area contributed by atoms with Crippen molar-refractivity contribution < 1.29 is 10.0 Å². The molecule has 0 aliphatic carbocycles. The minimum atomic E-state index is 0. The SMILES string of the molecule is [OH-].c1ccc(C[n+]2ccccc2)cc1. The molecular formula is C12H13NO. The second-order valence-electron chi connectivity index (χ2n) is 3.03. The van der Waals surface area contributed by atoms with Crippen molar-refractivity contribution in [2.45, 2.75) is 6.54 Å². The number of hydrogen-bond donors (Lipinski definition) is 0. The summed E-state index contributed by atoms with van der Waals surface area (Å²) in [6, 6.07) is 16.6. The van der Waals surface area contributed by atoms with Crippen LogP contribution in [-0.2, 0) is 6.54 Å². The van der Waals surface area contributed by atoms with E-state index < -0.39 is 0 Å². The first-order chi connectivity index (χ1) is 6.45. The maximum atomic E-state index is 2.16. The smallest absolute Gasteiger partial charge is 0.173 e. The molecule has 14 heavy (non-hydrogen) atoms. The first-order valence-electron chi connectivity index (χ1n) is 4.43. The van der Waals surface area contributed by atoms with Crippen molar-refractivity contribution in [1.82, 2.24) is 0 Å². The first-order valence-corrected chi connectivity index (χ1v) is 4.43. The van der Waals surface area contributed by atoms with Crippen LogP contribution in [0.1, 0.15) is 5.56 Å². The Bertz CT molecular complexity index is 321. The van der Waals surface area contributed by atoms with E-state index in [4.69, 9.17) is 0 Å². The third-order valence-electron chi connectivity index (χ3n) is 1.99. The molecule has 1 aromatic heterocycles. The van der Waals surface area contributed by atoms with E-state index in [9.17, 15) is 0 Å². The van der Waals surface area contributed by atoms with Crippen LogP contribution >= 0.6 is 0 Å². The van der Waals surface area contributed by atoms with Gasteiger partial charge in [-0.25, -0.2) is 4.57 Å². The minimum absolute atomic E-state index is 0. The molecule has 0 atom stereocenters. The Balaban J connectivity index is 0.000000980. The van der Waals surface area contributed by atoms with E-state index in [1.165, 1.54) is 5.56 Å². The number of hydrogen-bond acceptors (Lipinski definition) is 1. The summed E-state index contributed by atoms with van der Waals surface area (Å²) in [5, 5.41) is 0. The van der Waals surface area contributed by atoms with Crippen molar-refractivity contribution in [3.05, 3.63) is 66.5 Å². The van der Waals surface area contributed by atoms with Crippen LogP contribution < -0.4 is 4.57 Å². The third kappa shape index (κ3) is 2.68. The van der Waals surface area contributed by atoms with Crippen LogP contribution in [0.2, 0.25) is 0 Å². The summed E-state index contributed by atoms with van der Waals surface area (Å²) in [6.07, 6.45) is 4.15. The van der Waals surface area contributed by atoms with Crippen LogP contribution in [0.4, 0.5) is 0 Å². The van der Waals surface area contributed by atoms with E-state index in [0.717, 1.165) is 6.54 Å². The molecule has 1 N–H and O–H groups in total. The fourth-order valence-corrected chi connectivity index (χ4v) is 1.33. The van der Waals surface area contributed by atoms with Gasteiger partial charge in [-0.2, -0.15) is 0 Å². The summed E-state index contributed by atoms with van der Waals surface area (Å²) < 4.78 is 2.16. The van der Waals surface area contributed by atoms with Crippen molar-refractivity contribution in [3.63, 3.8) is 0 Å². The fraction of sp³-hybridized carbons (Fsp3) is 0.0833. The molecule has 0 bridgehead atoms. The highest BCUT2D eigenvalue weighted by atomic mass is 16.0. The zero-order valence-corrected chi connectivity index (χ0v) is 7.88. The van der Waals surface area contributed by atoms with E-state index in [1.54, 1.807) is 0 Å².